The SMILES string of the molecule is Cn1nccc1S(=O)(=O)N(CCBr)C1CCCCC1. The van der Waals surface area contributed by atoms with E-state index in [1.165, 1.54) is 17.3 Å². The van der Waals surface area contributed by atoms with Crippen LogP contribution in [0.1, 0.15) is 32.1 Å². The molecule has 0 radical (unpaired) electrons. The van der Waals surface area contributed by atoms with Crippen LogP contribution >= 0.6 is 15.9 Å². The lowest BCUT2D eigenvalue weighted by atomic mass is 9.95. The average Bonchev–Trinajstić information content (AvgIpc) is 2.84. The van der Waals surface area contributed by atoms with Gasteiger partial charge in [0.1, 0.15) is 0 Å². The Kier molecular flexibility index (Phi) is 5.03. The lowest BCUT2D eigenvalue weighted by Crippen LogP contribution is -2.43. The minimum Gasteiger partial charge on any atom is -0.256 e. The van der Waals surface area contributed by atoms with Crippen LogP contribution in [0.25, 0.3) is 0 Å². The van der Waals surface area contributed by atoms with Crippen LogP contribution in [0.5, 0.6) is 0 Å². The molecule has 0 aliphatic heterocycles. The van der Waals surface area contributed by atoms with Crippen molar-refractivity contribution in [1.82, 2.24) is 14.1 Å². The zero-order valence-corrected chi connectivity index (χ0v) is 13.5. The molecule has 0 amide bonds. The molecule has 0 spiro atoms. The Labute approximate surface area is 123 Å². The number of hydrogen-bond donors (Lipinski definition) is 0. The summed E-state index contributed by atoms with van der Waals surface area (Å²) in [4.78, 5) is 0. The highest BCUT2D eigenvalue weighted by atomic mass is 79.9. The van der Waals surface area contributed by atoms with Crippen molar-refractivity contribution in [2.75, 3.05) is 11.9 Å². The van der Waals surface area contributed by atoms with Crippen LogP contribution in [0.3, 0.4) is 0 Å². The first-order valence-electron chi connectivity index (χ1n) is 6.63. The first-order valence-corrected chi connectivity index (χ1v) is 9.19. The Morgan fingerprint density at radius 2 is 2.11 bits per heavy atom. The highest BCUT2D eigenvalue weighted by Crippen LogP contribution is 2.27. The van der Waals surface area contributed by atoms with E-state index in [4.69, 9.17) is 0 Å². The first-order chi connectivity index (χ1) is 9.07. The molecular weight excluding hydrogens is 330 g/mol. The van der Waals surface area contributed by atoms with E-state index < -0.39 is 10.0 Å². The highest BCUT2D eigenvalue weighted by molar-refractivity contribution is 9.09. The van der Waals surface area contributed by atoms with Gasteiger partial charge in [-0.15, -0.1) is 0 Å². The van der Waals surface area contributed by atoms with Gasteiger partial charge in [0.2, 0.25) is 0 Å². The quantitative estimate of drug-likeness (QED) is 0.765. The molecule has 1 aromatic heterocycles. The van der Waals surface area contributed by atoms with Crippen molar-refractivity contribution >= 4 is 26.0 Å². The Bertz CT molecular complexity index is 509. The Morgan fingerprint density at radius 3 is 2.63 bits per heavy atom. The summed E-state index contributed by atoms with van der Waals surface area (Å²) in [7, 11) is -1.78. The monoisotopic (exact) mass is 349 g/mol. The molecule has 1 aliphatic carbocycles. The minimum atomic E-state index is -3.45. The van der Waals surface area contributed by atoms with Gasteiger partial charge in [0, 0.05) is 25.0 Å². The smallest absolute Gasteiger partial charge is 0.256 e. The third-order valence-electron chi connectivity index (χ3n) is 3.64. The van der Waals surface area contributed by atoms with Gasteiger partial charge >= 0.3 is 0 Å². The molecule has 0 bridgehead atoms. The van der Waals surface area contributed by atoms with Crippen LogP contribution in [0.2, 0.25) is 0 Å². The molecule has 1 aliphatic rings. The van der Waals surface area contributed by atoms with E-state index in [1.807, 2.05) is 0 Å². The molecule has 0 saturated heterocycles. The van der Waals surface area contributed by atoms with E-state index in [-0.39, 0.29) is 11.1 Å². The number of sulfonamides is 1. The van der Waals surface area contributed by atoms with Crippen molar-refractivity contribution in [3.63, 3.8) is 0 Å². The predicted octanol–water partition coefficient (Wildman–Crippen LogP) is 2.14. The van der Waals surface area contributed by atoms with Crippen LogP contribution < -0.4 is 0 Å². The topological polar surface area (TPSA) is 55.2 Å². The summed E-state index contributed by atoms with van der Waals surface area (Å²) in [6.45, 7) is 0.512. The fraction of sp³-hybridized carbons (Fsp3) is 0.750. The summed E-state index contributed by atoms with van der Waals surface area (Å²) in [6.07, 6.45) is 6.90. The second kappa shape index (κ2) is 6.37. The molecule has 1 saturated carbocycles. The lowest BCUT2D eigenvalue weighted by Gasteiger charge is -2.32. The Morgan fingerprint density at radius 1 is 1.42 bits per heavy atom. The number of aromatic nitrogens is 2. The molecule has 7 heteroatoms. The van der Waals surface area contributed by atoms with Gasteiger partial charge in [0.15, 0.2) is 5.03 Å². The van der Waals surface area contributed by atoms with Gasteiger partial charge < -0.3 is 0 Å². The molecule has 5 nitrogen and oxygen atoms in total. The molecular formula is C12H20BrN3O2S. The summed E-state index contributed by atoms with van der Waals surface area (Å²) in [5.41, 5.74) is 0. The van der Waals surface area contributed by atoms with Gasteiger partial charge in [-0.3, -0.25) is 4.68 Å². The largest absolute Gasteiger partial charge is 0.260 e. The van der Waals surface area contributed by atoms with Crippen molar-refractivity contribution in [2.24, 2.45) is 7.05 Å². The zero-order valence-electron chi connectivity index (χ0n) is 11.1. The molecule has 1 heterocycles. The summed E-state index contributed by atoms with van der Waals surface area (Å²) < 4.78 is 28.6. The van der Waals surface area contributed by atoms with Gasteiger partial charge in [0.25, 0.3) is 10.0 Å². The summed E-state index contributed by atoms with van der Waals surface area (Å²) in [5.74, 6) is 0. The second-order valence-electron chi connectivity index (χ2n) is 4.89. The van der Waals surface area contributed by atoms with E-state index in [1.54, 1.807) is 17.4 Å². The lowest BCUT2D eigenvalue weighted by molar-refractivity contribution is 0.261. The van der Waals surface area contributed by atoms with Gasteiger partial charge in [-0.2, -0.15) is 9.40 Å². The Balaban J connectivity index is 2.29. The fourth-order valence-corrected chi connectivity index (χ4v) is 5.09. The van der Waals surface area contributed by atoms with Crippen LogP contribution in [-0.2, 0) is 17.1 Å². The number of halogens is 1. The van der Waals surface area contributed by atoms with Crippen LogP contribution in [0.15, 0.2) is 17.3 Å². The molecule has 108 valence electrons. The van der Waals surface area contributed by atoms with Crippen molar-refractivity contribution < 1.29 is 8.42 Å². The molecule has 1 fully saturated rings. The number of hydrogen-bond acceptors (Lipinski definition) is 3. The molecule has 0 unspecified atom stereocenters. The van der Waals surface area contributed by atoms with E-state index >= 15 is 0 Å². The first kappa shape index (κ1) is 15.0. The van der Waals surface area contributed by atoms with Crippen molar-refractivity contribution in [3.05, 3.63) is 12.3 Å². The molecule has 1 aromatic rings. The maximum Gasteiger partial charge on any atom is 0.260 e. The molecule has 0 N–H and O–H groups in total. The standard InChI is InChI=1S/C12H20BrN3O2S/c1-15-12(7-9-14-15)19(17,18)16(10-8-13)11-5-3-2-4-6-11/h7,9,11H,2-6,8,10H2,1H3. The highest BCUT2D eigenvalue weighted by Gasteiger charge is 2.33. The summed E-state index contributed by atoms with van der Waals surface area (Å²) in [5, 5.41) is 4.90. The van der Waals surface area contributed by atoms with Crippen LogP contribution in [0, 0.1) is 0 Å². The summed E-state index contributed by atoms with van der Waals surface area (Å²) >= 11 is 3.36. The molecule has 0 aromatic carbocycles. The molecule has 2 rings (SSSR count). The van der Waals surface area contributed by atoms with Crippen molar-refractivity contribution in [2.45, 2.75) is 43.2 Å². The third-order valence-corrected chi connectivity index (χ3v) is 6.02. The van der Waals surface area contributed by atoms with Gasteiger partial charge in [-0.25, -0.2) is 8.42 Å². The van der Waals surface area contributed by atoms with Gasteiger partial charge in [-0.1, -0.05) is 35.2 Å². The van der Waals surface area contributed by atoms with Gasteiger partial charge in [-0.05, 0) is 18.9 Å². The number of rotatable bonds is 5. The predicted molar refractivity (Wildman–Crippen MR) is 77.8 cm³/mol. The maximum absolute atomic E-state index is 12.7. The van der Waals surface area contributed by atoms with E-state index in [0.29, 0.717) is 11.9 Å². The van der Waals surface area contributed by atoms with E-state index in [9.17, 15) is 8.42 Å². The van der Waals surface area contributed by atoms with Gasteiger partial charge in [0.05, 0.1) is 6.20 Å². The number of alkyl halides is 1. The van der Waals surface area contributed by atoms with E-state index in [2.05, 4.69) is 21.0 Å². The normalized spacial score (nSPS) is 18.1. The minimum absolute atomic E-state index is 0.131. The number of aryl methyl sites for hydroxylation is 1. The Hall–Kier alpha value is -0.400. The maximum atomic E-state index is 12.7. The fourth-order valence-electron chi connectivity index (χ4n) is 2.69. The van der Waals surface area contributed by atoms with Crippen LogP contribution in [0.4, 0.5) is 0 Å². The van der Waals surface area contributed by atoms with Crippen molar-refractivity contribution in [1.29, 1.82) is 0 Å². The average molecular weight is 350 g/mol. The van der Waals surface area contributed by atoms with E-state index in [0.717, 1.165) is 25.7 Å². The number of nitrogens with zero attached hydrogens (tertiary/aromatic N) is 3. The van der Waals surface area contributed by atoms with Crippen molar-refractivity contribution in [3.8, 4) is 0 Å². The molecule has 0 atom stereocenters. The second-order valence-corrected chi connectivity index (χ2v) is 7.52. The third kappa shape index (κ3) is 3.20. The zero-order chi connectivity index (χ0) is 13.9. The van der Waals surface area contributed by atoms with Crippen LogP contribution in [-0.4, -0.2) is 40.4 Å². The summed E-state index contributed by atoms with van der Waals surface area (Å²) in [6, 6.07) is 1.70. The molecule has 19 heavy (non-hydrogen) atoms.